The normalized spacial score (nSPS) is 16.0. The predicted molar refractivity (Wildman–Crippen MR) is 72.5 cm³/mol. The fourth-order valence-electron chi connectivity index (χ4n) is 1.52. The second kappa shape index (κ2) is 8.09. The highest BCUT2D eigenvalue weighted by molar-refractivity contribution is 7.72. The van der Waals surface area contributed by atoms with Crippen molar-refractivity contribution in [2.24, 2.45) is 0 Å². The van der Waals surface area contributed by atoms with Gasteiger partial charge in [0, 0.05) is 6.54 Å². The SMILES string of the molecule is O=C(NCCCCCC(O)(P(=O)(O)O)P(=O)(O)O)C(O)(F)CF. The molecule has 0 aromatic carbocycles. The zero-order valence-corrected chi connectivity index (χ0v) is 13.6. The third-order valence-electron chi connectivity index (χ3n) is 2.93. The van der Waals surface area contributed by atoms with Crippen LogP contribution >= 0.6 is 15.2 Å². The molecule has 0 aliphatic rings. The molecule has 14 heteroatoms. The van der Waals surface area contributed by atoms with Gasteiger partial charge in [-0.25, -0.2) is 4.39 Å². The highest BCUT2D eigenvalue weighted by atomic mass is 31.2. The quantitative estimate of drug-likeness (QED) is 0.188. The summed E-state index contributed by atoms with van der Waals surface area (Å²) in [5.41, 5.74) is 0. The van der Waals surface area contributed by atoms with Crippen molar-refractivity contribution in [1.29, 1.82) is 0 Å². The molecule has 0 heterocycles. The fraction of sp³-hybridized carbons (Fsp3) is 0.889. The maximum atomic E-state index is 12.8. The molecular formula is C9H19F2NO9P2. The van der Waals surface area contributed by atoms with E-state index in [0.29, 0.717) is 0 Å². The summed E-state index contributed by atoms with van der Waals surface area (Å²) in [6.07, 6.45) is -1.03. The van der Waals surface area contributed by atoms with E-state index in [4.69, 9.17) is 24.7 Å². The molecule has 0 aliphatic carbocycles. The average Bonchev–Trinajstić information content (AvgIpc) is 2.39. The summed E-state index contributed by atoms with van der Waals surface area (Å²) in [5, 5.41) is 16.5. The zero-order valence-electron chi connectivity index (χ0n) is 11.8. The monoisotopic (exact) mass is 385 g/mol. The molecule has 10 nitrogen and oxygen atoms in total. The highest BCUT2D eigenvalue weighted by Gasteiger charge is 2.58. The van der Waals surface area contributed by atoms with Crippen LogP contribution < -0.4 is 5.32 Å². The van der Waals surface area contributed by atoms with Gasteiger partial charge in [-0.1, -0.05) is 6.42 Å². The Morgan fingerprint density at radius 3 is 1.87 bits per heavy atom. The number of nitrogens with one attached hydrogen (secondary N) is 1. The Kier molecular flexibility index (Phi) is 7.93. The maximum absolute atomic E-state index is 12.8. The summed E-state index contributed by atoms with van der Waals surface area (Å²) in [6, 6.07) is 0. The van der Waals surface area contributed by atoms with Crippen LogP contribution in [0.1, 0.15) is 25.7 Å². The van der Waals surface area contributed by atoms with Crippen LogP contribution in [0.3, 0.4) is 0 Å². The van der Waals surface area contributed by atoms with Gasteiger partial charge in [-0.15, -0.1) is 0 Å². The molecule has 1 atom stereocenters. The first-order valence-electron chi connectivity index (χ1n) is 6.28. The van der Waals surface area contributed by atoms with Crippen molar-refractivity contribution in [3.05, 3.63) is 0 Å². The molecule has 23 heavy (non-hydrogen) atoms. The van der Waals surface area contributed by atoms with Crippen LogP contribution in [0.5, 0.6) is 0 Å². The van der Waals surface area contributed by atoms with Crippen molar-refractivity contribution >= 4 is 21.1 Å². The van der Waals surface area contributed by atoms with Crippen LogP contribution in [0.25, 0.3) is 0 Å². The first kappa shape index (κ1) is 22.6. The molecule has 0 aliphatic heterocycles. The number of rotatable bonds is 10. The molecule has 0 aromatic heterocycles. The van der Waals surface area contributed by atoms with Gasteiger partial charge in [0.05, 0.1) is 0 Å². The van der Waals surface area contributed by atoms with Crippen molar-refractivity contribution in [1.82, 2.24) is 5.32 Å². The Hall–Kier alpha value is -0.450. The fourth-order valence-corrected chi connectivity index (χ4v) is 3.78. The molecule has 0 spiro atoms. The smallest absolute Gasteiger partial charge is 0.368 e. The van der Waals surface area contributed by atoms with Gasteiger partial charge in [-0.05, 0) is 19.3 Å². The van der Waals surface area contributed by atoms with Crippen molar-refractivity contribution in [3.8, 4) is 0 Å². The van der Waals surface area contributed by atoms with Gasteiger partial charge in [0.2, 0.25) is 0 Å². The van der Waals surface area contributed by atoms with Crippen molar-refractivity contribution in [2.45, 2.75) is 36.6 Å². The first-order chi connectivity index (χ1) is 10.2. The number of carbonyl (C=O) groups excluding carboxylic acids is 1. The Morgan fingerprint density at radius 2 is 1.48 bits per heavy atom. The van der Waals surface area contributed by atoms with E-state index in [1.165, 1.54) is 0 Å². The number of halogens is 2. The number of alkyl halides is 2. The van der Waals surface area contributed by atoms with Gasteiger partial charge in [-0.3, -0.25) is 13.9 Å². The van der Waals surface area contributed by atoms with Crippen LogP contribution in [0.4, 0.5) is 8.78 Å². The maximum Gasteiger partial charge on any atom is 0.369 e. The van der Waals surface area contributed by atoms with E-state index in [-0.39, 0.29) is 25.8 Å². The van der Waals surface area contributed by atoms with Crippen LogP contribution in [-0.2, 0) is 13.9 Å². The lowest BCUT2D eigenvalue weighted by atomic mass is 10.2. The van der Waals surface area contributed by atoms with E-state index in [2.05, 4.69) is 0 Å². The summed E-state index contributed by atoms with van der Waals surface area (Å²) in [6.45, 7) is -2.16. The molecule has 0 saturated carbocycles. The number of carbonyl (C=O) groups is 1. The lowest BCUT2D eigenvalue weighted by Gasteiger charge is -2.29. The zero-order chi connectivity index (χ0) is 18.5. The number of hydrogen-bond acceptors (Lipinski definition) is 5. The van der Waals surface area contributed by atoms with E-state index in [0.717, 1.165) is 0 Å². The van der Waals surface area contributed by atoms with Gasteiger partial charge in [0.25, 0.3) is 11.0 Å². The predicted octanol–water partition coefficient (Wildman–Crippen LogP) is -0.708. The number of amides is 1. The number of unbranched alkanes of at least 4 members (excludes halogenated alkanes) is 2. The molecule has 1 unspecified atom stereocenters. The van der Waals surface area contributed by atoms with E-state index >= 15 is 0 Å². The summed E-state index contributed by atoms with van der Waals surface area (Å²) >= 11 is 0. The summed E-state index contributed by atoms with van der Waals surface area (Å²) in [5.74, 6) is -5.25. The summed E-state index contributed by atoms with van der Waals surface area (Å²) in [4.78, 5) is 46.4. The first-order valence-corrected chi connectivity index (χ1v) is 9.51. The second-order valence-corrected chi connectivity index (χ2v) is 8.83. The molecule has 0 bridgehead atoms. The van der Waals surface area contributed by atoms with Gasteiger partial charge in [-0.2, -0.15) is 4.39 Å². The van der Waals surface area contributed by atoms with Crippen LogP contribution in [-0.4, -0.2) is 59.9 Å². The van der Waals surface area contributed by atoms with Crippen molar-refractivity contribution in [3.63, 3.8) is 0 Å². The molecule has 1 amide bonds. The Labute approximate surface area is 129 Å². The Bertz CT molecular complexity index is 481. The molecule has 138 valence electrons. The minimum atomic E-state index is -5.51. The average molecular weight is 385 g/mol. The van der Waals surface area contributed by atoms with E-state index in [1.807, 2.05) is 5.32 Å². The third-order valence-corrected chi connectivity index (χ3v) is 6.81. The summed E-state index contributed by atoms with van der Waals surface area (Å²) in [7, 11) is -11.0. The minimum Gasteiger partial charge on any atom is -0.368 e. The van der Waals surface area contributed by atoms with Gasteiger partial charge in [0.1, 0.15) is 0 Å². The molecular weight excluding hydrogens is 366 g/mol. The van der Waals surface area contributed by atoms with E-state index < -0.39 is 45.1 Å². The van der Waals surface area contributed by atoms with Gasteiger partial charge in [0.15, 0.2) is 6.67 Å². The van der Waals surface area contributed by atoms with E-state index in [1.54, 1.807) is 0 Å². The molecule has 0 radical (unpaired) electrons. The molecule has 0 aromatic rings. The van der Waals surface area contributed by atoms with Crippen LogP contribution in [0, 0.1) is 0 Å². The van der Waals surface area contributed by atoms with Crippen LogP contribution in [0.2, 0.25) is 0 Å². The second-order valence-electron chi connectivity index (χ2n) is 4.82. The number of hydrogen-bond donors (Lipinski definition) is 7. The lowest BCUT2D eigenvalue weighted by Crippen LogP contribution is -2.45. The molecule has 7 N–H and O–H groups in total. The molecule has 0 fully saturated rings. The third kappa shape index (κ3) is 6.17. The van der Waals surface area contributed by atoms with Gasteiger partial charge < -0.3 is 35.1 Å². The van der Waals surface area contributed by atoms with Crippen LogP contribution in [0.15, 0.2) is 0 Å². The Morgan fingerprint density at radius 1 is 1.00 bits per heavy atom. The summed E-state index contributed by atoms with van der Waals surface area (Å²) < 4.78 is 46.8. The van der Waals surface area contributed by atoms with Crippen molar-refractivity contribution < 1.29 is 52.5 Å². The standard InChI is InChI=1S/C9H19F2NO9P2/c10-6-8(11,14)7(13)12-5-3-1-2-4-9(15,22(16,17)18)23(19,20)21/h14-15H,1-6H2,(H,12,13)(H2,16,17,18)(H2,19,20,21). The Balaban J connectivity index is 4.34. The highest BCUT2D eigenvalue weighted by Crippen LogP contribution is 2.69. The molecule has 0 saturated heterocycles. The molecule has 0 rings (SSSR count). The number of aliphatic hydroxyl groups is 2. The minimum absolute atomic E-state index is 0.0446. The van der Waals surface area contributed by atoms with E-state index in [9.17, 15) is 27.8 Å². The largest absolute Gasteiger partial charge is 0.369 e. The van der Waals surface area contributed by atoms with Gasteiger partial charge >= 0.3 is 21.0 Å². The lowest BCUT2D eigenvalue weighted by molar-refractivity contribution is -0.164. The van der Waals surface area contributed by atoms with Crippen molar-refractivity contribution in [2.75, 3.05) is 13.2 Å². The topological polar surface area (TPSA) is 185 Å².